The molecule has 3 aromatic carbocycles. The number of benzene rings is 3. The molecular formula is C34H41N3O4. The number of anilines is 2. The van der Waals surface area contributed by atoms with Crippen molar-refractivity contribution in [2.24, 2.45) is 0 Å². The molecule has 0 amide bonds. The lowest BCUT2D eigenvalue weighted by Crippen LogP contribution is -2.46. The number of nitrogens with zero attached hydrogens (tertiary/aromatic N) is 2. The molecule has 5 rings (SSSR count). The highest BCUT2D eigenvalue weighted by Crippen LogP contribution is 2.37. The first-order chi connectivity index (χ1) is 19.7. The lowest BCUT2D eigenvalue weighted by molar-refractivity contribution is -0.0699. The molecule has 1 fully saturated rings. The number of hydrogen-bond donors (Lipinski definition) is 1. The van der Waals surface area contributed by atoms with Crippen LogP contribution in [-0.2, 0) is 10.2 Å². The quantitative estimate of drug-likeness (QED) is 0.229. The van der Waals surface area contributed by atoms with Gasteiger partial charge in [0.05, 0.1) is 24.8 Å². The zero-order valence-electron chi connectivity index (χ0n) is 24.9. The fourth-order valence-corrected chi connectivity index (χ4v) is 5.19. The van der Waals surface area contributed by atoms with Gasteiger partial charge < -0.3 is 24.3 Å². The summed E-state index contributed by atoms with van der Waals surface area (Å²) in [6.07, 6.45) is 2.21. The summed E-state index contributed by atoms with van der Waals surface area (Å²) in [6.45, 7) is 14.1. The van der Waals surface area contributed by atoms with E-state index in [1.165, 1.54) is 5.56 Å². The number of rotatable bonds is 9. The summed E-state index contributed by atoms with van der Waals surface area (Å²) in [4.78, 5) is 6.94. The van der Waals surface area contributed by atoms with Gasteiger partial charge in [-0.05, 0) is 73.4 Å². The Kier molecular flexibility index (Phi) is 8.66. The van der Waals surface area contributed by atoms with E-state index in [9.17, 15) is 0 Å². The van der Waals surface area contributed by atoms with Crippen LogP contribution in [0.3, 0.4) is 0 Å². The van der Waals surface area contributed by atoms with Gasteiger partial charge in [-0.1, -0.05) is 32.9 Å². The van der Waals surface area contributed by atoms with Gasteiger partial charge in [0, 0.05) is 48.7 Å². The van der Waals surface area contributed by atoms with Crippen molar-refractivity contribution in [3.63, 3.8) is 0 Å². The van der Waals surface area contributed by atoms with E-state index < -0.39 is 0 Å². The number of pyridine rings is 1. The number of fused-ring (bicyclic) bond motifs is 1. The van der Waals surface area contributed by atoms with Gasteiger partial charge in [-0.25, -0.2) is 0 Å². The molecule has 2 heterocycles. The first-order valence-electron chi connectivity index (χ1n) is 14.3. The summed E-state index contributed by atoms with van der Waals surface area (Å²) in [7, 11) is 1.65. The number of ether oxygens (including phenoxy) is 4. The number of hydrogen-bond acceptors (Lipinski definition) is 7. The Labute approximate surface area is 243 Å². The number of methoxy groups -OCH3 is 1. The first kappa shape index (κ1) is 28.7. The average molecular weight is 556 g/mol. The van der Waals surface area contributed by atoms with Crippen molar-refractivity contribution in [3.05, 3.63) is 78.5 Å². The average Bonchev–Trinajstić information content (AvgIpc) is 2.93. The highest BCUT2D eigenvalue weighted by atomic mass is 16.5. The molecule has 41 heavy (non-hydrogen) atoms. The van der Waals surface area contributed by atoms with Gasteiger partial charge >= 0.3 is 0 Å². The third kappa shape index (κ3) is 7.29. The molecule has 2 atom stereocenters. The van der Waals surface area contributed by atoms with Gasteiger partial charge in [0.1, 0.15) is 18.1 Å². The molecule has 0 bridgehead atoms. The van der Waals surface area contributed by atoms with Gasteiger partial charge in [0.15, 0.2) is 11.5 Å². The van der Waals surface area contributed by atoms with Gasteiger partial charge in [0.25, 0.3) is 0 Å². The van der Waals surface area contributed by atoms with Crippen LogP contribution >= 0.6 is 0 Å². The van der Waals surface area contributed by atoms with Gasteiger partial charge in [0.2, 0.25) is 0 Å². The third-order valence-electron chi connectivity index (χ3n) is 7.27. The van der Waals surface area contributed by atoms with Crippen molar-refractivity contribution in [2.45, 2.75) is 52.2 Å². The minimum Gasteiger partial charge on any atom is -0.493 e. The minimum absolute atomic E-state index is 0.133. The zero-order chi connectivity index (χ0) is 29.0. The highest BCUT2D eigenvalue weighted by molar-refractivity contribution is 5.88. The second-order valence-corrected chi connectivity index (χ2v) is 11.8. The topological polar surface area (TPSA) is 65.1 Å². The Morgan fingerprint density at radius 1 is 0.878 bits per heavy atom. The maximum atomic E-state index is 6.29. The summed E-state index contributed by atoms with van der Waals surface area (Å²) in [5.74, 6) is 2.76. The molecule has 1 aliphatic rings. The minimum atomic E-state index is 0.133. The molecule has 1 N–H and O–H groups in total. The molecule has 1 saturated heterocycles. The van der Waals surface area contributed by atoms with Crippen molar-refractivity contribution < 1.29 is 18.9 Å². The Bertz CT molecular complexity index is 1440. The summed E-state index contributed by atoms with van der Waals surface area (Å²) in [5, 5.41) is 4.32. The monoisotopic (exact) mass is 555 g/mol. The molecule has 1 aromatic heterocycles. The van der Waals surface area contributed by atoms with Gasteiger partial charge in [-0.3, -0.25) is 9.88 Å². The van der Waals surface area contributed by atoms with Crippen LogP contribution < -0.4 is 19.5 Å². The summed E-state index contributed by atoms with van der Waals surface area (Å²) >= 11 is 0. The molecule has 0 saturated carbocycles. The second-order valence-electron chi connectivity index (χ2n) is 11.8. The van der Waals surface area contributed by atoms with E-state index in [1.807, 2.05) is 42.5 Å². The van der Waals surface area contributed by atoms with Gasteiger partial charge in [-0.2, -0.15) is 0 Å². The van der Waals surface area contributed by atoms with Crippen LogP contribution in [0.1, 0.15) is 40.2 Å². The molecule has 2 unspecified atom stereocenters. The van der Waals surface area contributed by atoms with Crippen molar-refractivity contribution >= 4 is 22.3 Å². The Morgan fingerprint density at radius 2 is 1.54 bits per heavy atom. The van der Waals surface area contributed by atoms with Crippen molar-refractivity contribution in [1.82, 2.24) is 9.88 Å². The molecule has 216 valence electrons. The van der Waals surface area contributed by atoms with E-state index in [1.54, 1.807) is 13.3 Å². The maximum Gasteiger partial charge on any atom is 0.163 e. The van der Waals surface area contributed by atoms with Crippen molar-refractivity contribution in [2.75, 3.05) is 38.7 Å². The fraction of sp³-hybridized carbons (Fsp3) is 0.382. The Balaban J connectivity index is 1.25. The van der Waals surface area contributed by atoms with Crippen LogP contribution in [0.15, 0.2) is 72.9 Å². The predicted octanol–water partition coefficient (Wildman–Crippen LogP) is 7.56. The molecule has 1 aliphatic heterocycles. The fourth-order valence-electron chi connectivity index (χ4n) is 5.19. The van der Waals surface area contributed by atoms with E-state index in [-0.39, 0.29) is 17.6 Å². The normalized spacial score (nSPS) is 17.8. The van der Waals surface area contributed by atoms with E-state index in [0.717, 1.165) is 47.7 Å². The van der Waals surface area contributed by atoms with Crippen LogP contribution in [-0.4, -0.2) is 55.4 Å². The smallest absolute Gasteiger partial charge is 0.163 e. The van der Waals surface area contributed by atoms with E-state index in [2.05, 4.69) is 74.1 Å². The summed E-state index contributed by atoms with van der Waals surface area (Å²) < 4.78 is 24.0. The summed E-state index contributed by atoms with van der Waals surface area (Å²) in [6, 6.07) is 22.2. The van der Waals surface area contributed by atoms with E-state index >= 15 is 0 Å². The SMILES string of the molecule is COc1cc2c(Oc3ccc(Nc4ccc(C(C)(C)C)cc4)cc3)ccnc2cc1OCCN1CC(C)OC(C)C1. The van der Waals surface area contributed by atoms with E-state index in [4.69, 9.17) is 18.9 Å². The summed E-state index contributed by atoms with van der Waals surface area (Å²) in [5.41, 5.74) is 4.26. The molecule has 7 heteroatoms. The van der Waals surface area contributed by atoms with Gasteiger partial charge in [-0.15, -0.1) is 0 Å². The molecule has 7 nitrogen and oxygen atoms in total. The second kappa shape index (κ2) is 12.4. The van der Waals surface area contributed by atoms with Crippen LogP contribution in [0.4, 0.5) is 11.4 Å². The standard InChI is InChI=1S/C34H41N3O4/c1-23-21-37(22-24(2)40-23)17-18-39-33-20-30-29(19-32(33)38-6)31(15-16-35-30)41-28-13-11-27(12-14-28)36-26-9-7-25(8-10-26)34(3,4)5/h7-16,19-20,23-24,36H,17-18,21-22H2,1-6H3. The molecule has 0 spiro atoms. The molecule has 0 radical (unpaired) electrons. The maximum absolute atomic E-state index is 6.29. The highest BCUT2D eigenvalue weighted by Gasteiger charge is 2.22. The largest absolute Gasteiger partial charge is 0.493 e. The molecule has 4 aromatic rings. The lowest BCUT2D eigenvalue weighted by Gasteiger charge is -2.35. The molecule has 0 aliphatic carbocycles. The van der Waals surface area contributed by atoms with Crippen molar-refractivity contribution in [1.29, 1.82) is 0 Å². The van der Waals surface area contributed by atoms with Crippen LogP contribution in [0.25, 0.3) is 10.9 Å². The van der Waals surface area contributed by atoms with Crippen molar-refractivity contribution in [3.8, 4) is 23.0 Å². The Morgan fingerprint density at radius 3 is 2.17 bits per heavy atom. The predicted molar refractivity (Wildman–Crippen MR) is 165 cm³/mol. The number of nitrogens with one attached hydrogen (secondary N) is 1. The molecular weight excluding hydrogens is 514 g/mol. The zero-order valence-corrected chi connectivity index (χ0v) is 24.9. The number of aromatic nitrogens is 1. The van der Waals surface area contributed by atoms with Crippen LogP contribution in [0, 0.1) is 0 Å². The first-order valence-corrected chi connectivity index (χ1v) is 14.3. The third-order valence-corrected chi connectivity index (χ3v) is 7.27. The number of morpholine rings is 1. The van der Waals surface area contributed by atoms with E-state index in [0.29, 0.717) is 23.9 Å². The van der Waals surface area contributed by atoms with Crippen LogP contribution in [0.5, 0.6) is 23.0 Å². The van der Waals surface area contributed by atoms with Crippen LogP contribution in [0.2, 0.25) is 0 Å². The lowest BCUT2D eigenvalue weighted by atomic mass is 9.87. The Hall–Kier alpha value is -3.81.